The van der Waals surface area contributed by atoms with Gasteiger partial charge in [0.15, 0.2) is 5.60 Å². The molecular formula is C15H24NO2+. The number of hydrogen-bond acceptors (Lipinski definition) is 2. The molecule has 0 aromatic heterocycles. The van der Waals surface area contributed by atoms with Crippen molar-refractivity contribution in [1.29, 1.82) is 0 Å². The number of rotatable bonds is 6. The minimum absolute atomic E-state index is 0.222. The number of ether oxygens (including phenoxy) is 1. The van der Waals surface area contributed by atoms with Gasteiger partial charge in [0.05, 0.1) is 19.7 Å². The fourth-order valence-corrected chi connectivity index (χ4v) is 2.15. The number of esters is 1. The molecule has 0 saturated carbocycles. The van der Waals surface area contributed by atoms with Crippen LogP contribution in [0.5, 0.6) is 0 Å². The Labute approximate surface area is 110 Å². The predicted molar refractivity (Wildman–Crippen MR) is 72.8 cm³/mol. The van der Waals surface area contributed by atoms with E-state index in [1.165, 1.54) is 4.90 Å². The van der Waals surface area contributed by atoms with E-state index in [4.69, 9.17) is 4.74 Å². The summed E-state index contributed by atoms with van der Waals surface area (Å²) in [5.41, 5.74) is 0.267. The summed E-state index contributed by atoms with van der Waals surface area (Å²) in [7, 11) is 4.16. The highest BCUT2D eigenvalue weighted by Crippen LogP contribution is 2.20. The van der Waals surface area contributed by atoms with Gasteiger partial charge in [0.1, 0.15) is 6.54 Å². The summed E-state index contributed by atoms with van der Waals surface area (Å²) in [5, 5.41) is 0. The van der Waals surface area contributed by atoms with Crippen molar-refractivity contribution in [3.8, 4) is 0 Å². The van der Waals surface area contributed by atoms with E-state index in [0.717, 1.165) is 19.4 Å². The van der Waals surface area contributed by atoms with E-state index in [1.54, 1.807) is 12.1 Å². The van der Waals surface area contributed by atoms with E-state index >= 15 is 0 Å². The largest absolute Gasteiger partial charge is 0.449 e. The normalized spacial score (nSPS) is 11.6. The molecule has 3 heteroatoms. The fourth-order valence-electron chi connectivity index (χ4n) is 2.15. The molecule has 0 spiro atoms. The van der Waals surface area contributed by atoms with Crippen LogP contribution in [-0.4, -0.2) is 32.2 Å². The highest BCUT2D eigenvalue weighted by atomic mass is 16.6. The first-order valence-corrected chi connectivity index (χ1v) is 6.60. The third kappa shape index (κ3) is 3.84. The van der Waals surface area contributed by atoms with E-state index in [2.05, 4.69) is 27.9 Å². The maximum absolute atomic E-state index is 12.1. The Balaban J connectivity index is 2.81. The number of carbonyl (C=O) groups is 1. The molecule has 0 amide bonds. The van der Waals surface area contributed by atoms with Crippen molar-refractivity contribution in [2.75, 3.05) is 20.6 Å². The van der Waals surface area contributed by atoms with Gasteiger partial charge in [-0.25, -0.2) is 4.79 Å². The standard InChI is InChI=1S/C15H23NO2/c1-5-15(6-2,12-16(3)4)18-14(17)13-10-8-7-9-11-13/h7-11H,5-6,12H2,1-4H3/p+1. The molecule has 0 unspecified atom stereocenters. The maximum Gasteiger partial charge on any atom is 0.338 e. The van der Waals surface area contributed by atoms with Crippen LogP contribution in [-0.2, 0) is 4.74 Å². The van der Waals surface area contributed by atoms with E-state index in [-0.39, 0.29) is 11.6 Å². The fraction of sp³-hybridized carbons (Fsp3) is 0.533. The van der Waals surface area contributed by atoms with Gasteiger partial charge in [-0.05, 0) is 25.0 Å². The van der Waals surface area contributed by atoms with Gasteiger partial charge in [-0.2, -0.15) is 0 Å². The highest BCUT2D eigenvalue weighted by molar-refractivity contribution is 5.89. The highest BCUT2D eigenvalue weighted by Gasteiger charge is 2.34. The molecule has 0 atom stereocenters. The summed E-state index contributed by atoms with van der Waals surface area (Å²) >= 11 is 0. The minimum Gasteiger partial charge on any atom is -0.449 e. The number of benzene rings is 1. The van der Waals surface area contributed by atoms with Crippen LogP contribution >= 0.6 is 0 Å². The summed E-state index contributed by atoms with van der Waals surface area (Å²) < 4.78 is 5.77. The predicted octanol–water partition coefficient (Wildman–Crippen LogP) is 1.55. The molecule has 1 aromatic carbocycles. The Kier molecular flexibility index (Phi) is 5.35. The number of hydrogen-bond donors (Lipinski definition) is 1. The van der Waals surface area contributed by atoms with Gasteiger partial charge in [-0.15, -0.1) is 0 Å². The first-order chi connectivity index (χ1) is 8.53. The number of likely N-dealkylation sites (N-methyl/N-ethyl adjacent to an activating group) is 1. The summed E-state index contributed by atoms with van der Waals surface area (Å²) in [6, 6.07) is 9.19. The Morgan fingerprint density at radius 2 is 1.72 bits per heavy atom. The van der Waals surface area contributed by atoms with E-state index in [9.17, 15) is 4.79 Å². The third-order valence-corrected chi connectivity index (χ3v) is 3.28. The van der Waals surface area contributed by atoms with Crippen molar-refractivity contribution in [1.82, 2.24) is 0 Å². The molecule has 100 valence electrons. The second-order valence-electron chi connectivity index (χ2n) is 5.03. The lowest BCUT2D eigenvalue weighted by atomic mass is 9.96. The minimum atomic E-state index is -0.355. The summed E-state index contributed by atoms with van der Waals surface area (Å²) in [6.07, 6.45) is 1.68. The van der Waals surface area contributed by atoms with Crippen molar-refractivity contribution >= 4 is 5.97 Å². The molecule has 0 fully saturated rings. The smallest absolute Gasteiger partial charge is 0.338 e. The summed E-state index contributed by atoms with van der Waals surface area (Å²) in [5.74, 6) is -0.222. The first kappa shape index (κ1) is 14.7. The van der Waals surface area contributed by atoms with Crippen molar-refractivity contribution in [3.63, 3.8) is 0 Å². The molecular weight excluding hydrogens is 226 g/mol. The Morgan fingerprint density at radius 1 is 1.17 bits per heavy atom. The Morgan fingerprint density at radius 3 is 2.17 bits per heavy atom. The lowest BCUT2D eigenvalue weighted by molar-refractivity contribution is -0.865. The van der Waals surface area contributed by atoms with Crippen LogP contribution in [0, 0.1) is 0 Å². The Hall–Kier alpha value is -1.35. The van der Waals surface area contributed by atoms with Crippen molar-refractivity contribution in [2.24, 2.45) is 0 Å². The van der Waals surface area contributed by atoms with Gasteiger partial charge < -0.3 is 9.64 Å². The molecule has 1 rings (SSSR count). The van der Waals surface area contributed by atoms with Gasteiger partial charge >= 0.3 is 5.97 Å². The van der Waals surface area contributed by atoms with Crippen molar-refractivity contribution in [2.45, 2.75) is 32.3 Å². The Bertz CT molecular complexity index is 369. The van der Waals surface area contributed by atoms with Gasteiger partial charge in [-0.3, -0.25) is 0 Å². The lowest BCUT2D eigenvalue weighted by Gasteiger charge is -2.31. The number of nitrogens with one attached hydrogen (secondary N) is 1. The van der Waals surface area contributed by atoms with E-state index in [0.29, 0.717) is 5.56 Å². The average molecular weight is 250 g/mol. The topological polar surface area (TPSA) is 30.7 Å². The number of carbonyl (C=O) groups excluding carboxylic acids is 1. The van der Waals surface area contributed by atoms with Crippen LogP contribution < -0.4 is 4.90 Å². The van der Waals surface area contributed by atoms with E-state index in [1.807, 2.05) is 18.2 Å². The van der Waals surface area contributed by atoms with Crippen LogP contribution in [0.25, 0.3) is 0 Å². The van der Waals surface area contributed by atoms with Crippen LogP contribution in [0.1, 0.15) is 37.0 Å². The van der Waals surface area contributed by atoms with Crippen LogP contribution in [0.2, 0.25) is 0 Å². The van der Waals surface area contributed by atoms with Crippen molar-refractivity contribution in [3.05, 3.63) is 35.9 Å². The molecule has 1 aromatic rings. The van der Waals surface area contributed by atoms with Gasteiger partial charge in [0.2, 0.25) is 0 Å². The summed E-state index contributed by atoms with van der Waals surface area (Å²) in [6.45, 7) is 4.98. The molecule has 0 aliphatic heterocycles. The first-order valence-electron chi connectivity index (χ1n) is 6.60. The lowest BCUT2D eigenvalue weighted by Crippen LogP contribution is -3.08. The molecule has 0 bridgehead atoms. The van der Waals surface area contributed by atoms with Crippen LogP contribution in [0.4, 0.5) is 0 Å². The molecule has 1 N–H and O–H groups in total. The monoisotopic (exact) mass is 250 g/mol. The summed E-state index contributed by atoms with van der Waals surface area (Å²) in [4.78, 5) is 13.4. The molecule has 0 aliphatic carbocycles. The molecule has 0 saturated heterocycles. The zero-order chi connectivity index (χ0) is 13.6. The number of quaternary nitrogens is 1. The van der Waals surface area contributed by atoms with E-state index < -0.39 is 0 Å². The molecule has 0 radical (unpaired) electrons. The second-order valence-corrected chi connectivity index (χ2v) is 5.03. The SMILES string of the molecule is CCC(CC)(C[NH+](C)C)OC(=O)c1ccccc1. The zero-order valence-electron chi connectivity index (χ0n) is 11.8. The third-order valence-electron chi connectivity index (χ3n) is 3.28. The van der Waals surface area contributed by atoms with Crippen molar-refractivity contribution < 1.29 is 14.4 Å². The zero-order valence-corrected chi connectivity index (χ0v) is 11.8. The van der Waals surface area contributed by atoms with Gasteiger partial charge in [-0.1, -0.05) is 32.0 Å². The maximum atomic E-state index is 12.1. The van der Waals surface area contributed by atoms with Crippen LogP contribution in [0.15, 0.2) is 30.3 Å². The van der Waals surface area contributed by atoms with Crippen LogP contribution in [0.3, 0.4) is 0 Å². The molecule has 18 heavy (non-hydrogen) atoms. The second kappa shape index (κ2) is 6.55. The van der Waals surface area contributed by atoms with Gasteiger partial charge in [0.25, 0.3) is 0 Å². The quantitative estimate of drug-likeness (QED) is 0.777. The molecule has 0 aliphatic rings. The molecule has 0 heterocycles. The van der Waals surface area contributed by atoms with Gasteiger partial charge in [0, 0.05) is 0 Å². The average Bonchev–Trinajstić information content (AvgIpc) is 2.38. The molecule has 3 nitrogen and oxygen atoms in total.